The van der Waals surface area contributed by atoms with E-state index in [9.17, 15) is 10.0 Å². The van der Waals surface area contributed by atoms with Crippen molar-refractivity contribution < 1.29 is 10.4 Å². The molecule has 0 amide bonds. The fraction of sp³-hybridized carbons (Fsp3) is 0.188. The molecule has 1 aliphatic heterocycles. The summed E-state index contributed by atoms with van der Waals surface area (Å²) in [6.45, 7) is 3.91. The Balaban J connectivity index is 1.84. The first-order chi connectivity index (χ1) is 12.0. The Morgan fingerprint density at radius 1 is 1.28 bits per heavy atom. The van der Waals surface area contributed by atoms with E-state index in [1.54, 1.807) is 12.1 Å². The highest BCUT2D eigenvalue weighted by molar-refractivity contribution is 7.99. The molecule has 2 aromatic heterocycles. The van der Waals surface area contributed by atoms with Crippen LogP contribution in [0.2, 0.25) is 0 Å². The maximum Gasteiger partial charge on any atom is 0.283 e. The topological polar surface area (TPSA) is 95.0 Å². The third kappa shape index (κ3) is 2.70. The van der Waals surface area contributed by atoms with Crippen molar-refractivity contribution >= 4 is 44.7 Å². The summed E-state index contributed by atoms with van der Waals surface area (Å²) in [6.07, 6.45) is 0. The van der Waals surface area contributed by atoms with Crippen LogP contribution in [0.3, 0.4) is 0 Å². The van der Waals surface area contributed by atoms with Crippen LogP contribution in [0.4, 0.5) is 5.69 Å². The van der Waals surface area contributed by atoms with Crippen molar-refractivity contribution in [2.45, 2.75) is 19.0 Å². The van der Waals surface area contributed by atoms with Gasteiger partial charge in [-0.15, -0.1) is 11.3 Å². The summed E-state index contributed by atoms with van der Waals surface area (Å²) in [5.41, 5.74) is 2.54. The van der Waals surface area contributed by atoms with Crippen molar-refractivity contribution in [2.75, 3.05) is 5.75 Å². The lowest BCUT2D eigenvalue weighted by atomic mass is 10.1. The van der Waals surface area contributed by atoms with Crippen LogP contribution >= 0.6 is 23.1 Å². The molecular weight excluding hydrogens is 360 g/mol. The number of thiophene rings is 1. The number of nitrogens with one attached hydrogen (secondary N) is 1. The number of quaternary nitrogens is 1. The highest BCUT2D eigenvalue weighted by Crippen LogP contribution is 2.30. The van der Waals surface area contributed by atoms with E-state index < -0.39 is 5.23 Å². The highest BCUT2D eigenvalue weighted by Gasteiger charge is 2.21. The zero-order chi connectivity index (χ0) is 17.7. The van der Waals surface area contributed by atoms with Gasteiger partial charge in [-0.1, -0.05) is 11.8 Å². The van der Waals surface area contributed by atoms with Crippen LogP contribution in [0.25, 0.3) is 10.2 Å². The largest absolute Gasteiger partial charge is 0.595 e. The summed E-state index contributed by atoms with van der Waals surface area (Å²) in [7, 11) is 0. The second kappa shape index (κ2) is 6.04. The van der Waals surface area contributed by atoms with Crippen molar-refractivity contribution in [1.82, 2.24) is 9.66 Å². The average Bonchev–Trinajstić information content (AvgIpc) is 2.89. The van der Waals surface area contributed by atoms with Gasteiger partial charge in [0.05, 0.1) is 11.1 Å². The van der Waals surface area contributed by atoms with E-state index in [-0.39, 0.29) is 11.2 Å². The zero-order valence-electron chi connectivity index (χ0n) is 13.4. The van der Waals surface area contributed by atoms with Gasteiger partial charge in [0.1, 0.15) is 4.83 Å². The summed E-state index contributed by atoms with van der Waals surface area (Å²) < 4.78 is 1.36. The van der Waals surface area contributed by atoms with Crippen molar-refractivity contribution in [3.05, 3.63) is 55.8 Å². The van der Waals surface area contributed by atoms with Crippen LogP contribution in [0.1, 0.15) is 16.0 Å². The first kappa shape index (κ1) is 16.4. The summed E-state index contributed by atoms with van der Waals surface area (Å²) in [4.78, 5) is 19.3. The van der Waals surface area contributed by atoms with Crippen LogP contribution in [0.5, 0.6) is 0 Å². The summed E-state index contributed by atoms with van der Waals surface area (Å²) >= 11 is 2.98. The standard InChI is InChI=1S/C16H14N4O3S2/c1-8-9(2)25-14-13(8)15(21)19-16(17-14)24-7-12(18-19)10-3-5-11(6-4-10)20(22)23/h3-6,20,22H,7H2,1-2H3. The number of rotatable bonds is 2. The van der Waals surface area contributed by atoms with Crippen LogP contribution in [0.15, 0.2) is 39.3 Å². The highest BCUT2D eigenvalue weighted by atomic mass is 32.2. The number of aromatic nitrogens is 2. The van der Waals surface area contributed by atoms with Gasteiger partial charge in [-0.25, -0.2) is 10.2 Å². The Bertz CT molecular complexity index is 1070. The molecule has 128 valence electrons. The second-order valence-corrected chi connectivity index (χ2v) is 7.84. The number of hydrogen-bond acceptors (Lipinski definition) is 7. The van der Waals surface area contributed by atoms with E-state index in [0.29, 0.717) is 16.3 Å². The van der Waals surface area contributed by atoms with Gasteiger partial charge in [0.15, 0.2) is 10.8 Å². The molecule has 0 aliphatic carbocycles. The molecule has 1 atom stereocenters. The fourth-order valence-electron chi connectivity index (χ4n) is 2.68. The SMILES string of the molecule is Cc1sc2nc3n(c(=O)c2c1C)N=C(c1ccc([NH+]([O-])O)cc1)CS3. The Labute approximate surface area is 150 Å². The Hall–Kier alpha value is -2.04. The molecule has 0 spiro atoms. The minimum Gasteiger partial charge on any atom is -0.595 e. The van der Waals surface area contributed by atoms with Gasteiger partial charge < -0.3 is 5.21 Å². The number of nitrogens with zero attached hydrogens (tertiary/aromatic N) is 3. The van der Waals surface area contributed by atoms with E-state index in [1.165, 1.54) is 39.9 Å². The molecule has 3 aromatic rings. The number of fused-ring (bicyclic) bond motifs is 2. The minimum absolute atomic E-state index is 0.159. The molecule has 1 unspecified atom stereocenters. The van der Waals surface area contributed by atoms with Gasteiger partial charge in [-0.2, -0.15) is 15.0 Å². The predicted molar refractivity (Wildman–Crippen MR) is 98.2 cm³/mol. The molecule has 1 aromatic carbocycles. The quantitative estimate of drug-likeness (QED) is 0.527. The van der Waals surface area contributed by atoms with Crippen molar-refractivity contribution in [1.29, 1.82) is 0 Å². The Kier molecular flexibility index (Phi) is 3.97. The van der Waals surface area contributed by atoms with Crippen LogP contribution < -0.4 is 10.8 Å². The number of hydrogen-bond donors (Lipinski definition) is 2. The monoisotopic (exact) mass is 374 g/mol. The maximum atomic E-state index is 12.9. The number of thioether (sulfide) groups is 1. The van der Waals surface area contributed by atoms with Gasteiger partial charge in [0, 0.05) is 22.8 Å². The maximum absolute atomic E-state index is 12.9. The minimum atomic E-state index is -0.969. The molecule has 1 aliphatic rings. The second-order valence-electron chi connectivity index (χ2n) is 5.69. The number of aryl methyl sites for hydroxylation is 2. The van der Waals surface area contributed by atoms with Crippen molar-refractivity contribution in [3.63, 3.8) is 0 Å². The summed E-state index contributed by atoms with van der Waals surface area (Å²) in [5.74, 6) is 0.577. The molecule has 9 heteroatoms. The third-order valence-electron chi connectivity index (χ3n) is 4.18. The lowest BCUT2D eigenvalue weighted by molar-refractivity contribution is -0.991. The van der Waals surface area contributed by atoms with Gasteiger partial charge in [0.2, 0.25) is 0 Å². The van der Waals surface area contributed by atoms with Gasteiger partial charge in [0.25, 0.3) is 5.56 Å². The molecular formula is C16H14N4O3S2. The predicted octanol–water partition coefficient (Wildman–Crippen LogP) is 1.84. The smallest absolute Gasteiger partial charge is 0.283 e. The molecule has 4 rings (SSSR count). The first-order valence-corrected chi connectivity index (χ1v) is 9.33. The van der Waals surface area contributed by atoms with Gasteiger partial charge >= 0.3 is 0 Å². The lowest BCUT2D eigenvalue weighted by Gasteiger charge is -2.16. The zero-order valence-corrected chi connectivity index (χ0v) is 15.1. The molecule has 7 nitrogen and oxygen atoms in total. The van der Waals surface area contributed by atoms with Crippen LogP contribution in [-0.4, -0.2) is 26.3 Å². The third-order valence-corrected chi connectivity index (χ3v) is 6.22. The van der Waals surface area contributed by atoms with E-state index >= 15 is 0 Å². The number of benzene rings is 1. The van der Waals surface area contributed by atoms with Crippen LogP contribution in [-0.2, 0) is 0 Å². The van der Waals surface area contributed by atoms with E-state index in [4.69, 9.17) is 5.21 Å². The normalized spacial score (nSPS) is 15.1. The Morgan fingerprint density at radius 3 is 2.68 bits per heavy atom. The molecule has 2 N–H and O–H groups in total. The van der Waals surface area contributed by atoms with Gasteiger partial charge in [-0.3, -0.25) is 4.79 Å². The lowest BCUT2D eigenvalue weighted by Crippen LogP contribution is -2.99. The van der Waals surface area contributed by atoms with Crippen LogP contribution in [0, 0.1) is 19.1 Å². The fourth-order valence-corrected chi connectivity index (χ4v) is 4.65. The van der Waals surface area contributed by atoms with Crippen molar-refractivity contribution in [2.24, 2.45) is 5.10 Å². The van der Waals surface area contributed by atoms with E-state index in [2.05, 4.69) is 10.1 Å². The van der Waals surface area contributed by atoms with E-state index in [0.717, 1.165) is 26.5 Å². The van der Waals surface area contributed by atoms with Gasteiger partial charge in [-0.05, 0) is 37.1 Å². The molecule has 0 saturated carbocycles. The molecule has 0 saturated heterocycles. The molecule has 0 fully saturated rings. The molecule has 0 bridgehead atoms. The summed E-state index contributed by atoms with van der Waals surface area (Å²) in [6, 6.07) is 6.50. The first-order valence-electron chi connectivity index (χ1n) is 7.53. The van der Waals surface area contributed by atoms with Crippen molar-refractivity contribution in [3.8, 4) is 0 Å². The summed E-state index contributed by atoms with van der Waals surface area (Å²) in [5, 5.41) is 24.7. The molecule has 3 heterocycles. The molecule has 25 heavy (non-hydrogen) atoms. The Morgan fingerprint density at radius 2 is 2.00 bits per heavy atom. The van der Waals surface area contributed by atoms with E-state index in [1.807, 2.05) is 13.8 Å². The molecule has 0 radical (unpaired) electrons. The average molecular weight is 374 g/mol.